The smallest absolute Gasteiger partial charge is 0.129 e. The maximum absolute atomic E-state index is 8.65. The number of hydrogen-bond acceptors (Lipinski definition) is 1. The minimum Gasteiger partial charge on any atom is -0.392 e. The second kappa shape index (κ2) is 5.69. The average molecular weight is 230 g/mol. The van der Waals surface area contributed by atoms with Crippen LogP contribution in [0.1, 0.15) is 11.1 Å². The van der Waals surface area contributed by atoms with Gasteiger partial charge in [0.15, 0.2) is 0 Å². The Morgan fingerprint density at radius 3 is 2.31 bits per heavy atom. The fourth-order valence-corrected chi connectivity index (χ4v) is 1.65. The Morgan fingerprint density at radius 1 is 1.19 bits per heavy atom. The topological polar surface area (TPSA) is 20.2 Å². The Bertz CT molecular complexity index is 413. The molecule has 1 nitrogen and oxygen atoms in total. The van der Waals surface area contributed by atoms with Crippen molar-refractivity contribution in [3.63, 3.8) is 0 Å². The van der Waals surface area contributed by atoms with Crippen LogP contribution in [-0.4, -0.2) is 19.8 Å². The number of benzene rings is 1. The minimum absolute atomic E-state index is 0.0805. The Kier molecular flexibility index (Phi) is 4.54. The van der Waals surface area contributed by atoms with Gasteiger partial charge in [-0.2, -0.15) is 0 Å². The highest BCUT2D eigenvalue weighted by Gasteiger charge is 2.07. The molecule has 0 amide bonds. The van der Waals surface area contributed by atoms with Crippen LogP contribution in [0.15, 0.2) is 30.3 Å². The molecular weight excluding hydrogens is 212 g/mol. The molecule has 0 unspecified atom stereocenters. The van der Waals surface area contributed by atoms with Crippen molar-refractivity contribution in [2.75, 3.05) is 6.61 Å². The first-order valence-corrected chi connectivity index (χ1v) is 8.92. The van der Waals surface area contributed by atoms with Crippen LogP contribution in [0.25, 0.3) is 6.08 Å². The van der Waals surface area contributed by atoms with Gasteiger partial charge in [-0.05, 0) is 17.7 Å². The van der Waals surface area contributed by atoms with Crippen LogP contribution in [0, 0.1) is 11.5 Å². The van der Waals surface area contributed by atoms with Gasteiger partial charge in [0.1, 0.15) is 8.07 Å². The quantitative estimate of drug-likeness (QED) is 0.612. The van der Waals surface area contributed by atoms with Gasteiger partial charge in [-0.3, -0.25) is 0 Å². The average Bonchev–Trinajstić information content (AvgIpc) is 2.24. The van der Waals surface area contributed by atoms with E-state index in [1.807, 2.05) is 30.3 Å². The Morgan fingerprint density at radius 2 is 1.81 bits per heavy atom. The third kappa shape index (κ3) is 4.97. The lowest BCUT2D eigenvalue weighted by Gasteiger charge is -2.03. The first kappa shape index (κ1) is 12.8. The molecule has 1 aromatic carbocycles. The van der Waals surface area contributed by atoms with E-state index >= 15 is 0 Å². The van der Waals surface area contributed by atoms with Gasteiger partial charge in [-0.15, -0.1) is 5.54 Å². The van der Waals surface area contributed by atoms with Crippen molar-refractivity contribution in [1.82, 2.24) is 0 Å². The Balaban J connectivity index is 2.78. The summed E-state index contributed by atoms with van der Waals surface area (Å²) in [5.41, 5.74) is 5.48. The van der Waals surface area contributed by atoms with Gasteiger partial charge in [0.05, 0.1) is 6.61 Å². The molecule has 0 saturated carbocycles. The van der Waals surface area contributed by atoms with Gasteiger partial charge in [-0.25, -0.2) is 0 Å². The van der Waals surface area contributed by atoms with Crippen molar-refractivity contribution in [3.8, 4) is 11.5 Å². The van der Waals surface area contributed by atoms with E-state index in [9.17, 15) is 0 Å². The van der Waals surface area contributed by atoms with E-state index < -0.39 is 8.07 Å². The first-order valence-electron chi connectivity index (χ1n) is 5.42. The minimum atomic E-state index is -1.28. The molecule has 1 N–H and O–H groups in total. The molecule has 0 atom stereocenters. The maximum atomic E-state index is 8.65. The number of aliphatic hydroxyl groups is 1. The summed E-state index contributed by atoms with van der Waals surface area (Å²) in [7, 11) is -1.28. The Hall–Kier alpha value is -1.30. The standard InChI is InChI=1S/C14H18OSi/c1-16(2,3)12-10-14-8-6-13(7-9-14)5-4-11-15/h4-9,15H,11H2,1-3H3/b5-4+. The van der Waals surface area contributed by atoms with Crippen molar-refractivity contribution in [1.29, 1.82) is 0 Å². The molecule has 1 aromatic rings. The summed E-state index contributed by atoms with van der Waals surface area (Å²) in [4.78, 5) is 0. The molecule has 0 aliphatic heterocycles. The van der Waals surface area contributed by atoms with Crippen LogP contribution in [-0.2, 0) is 0 Å². The monoisotopic (exact) mass is 230 g/mol. The van der Waals surface area contributed by atoms with Crippen LogP contribution in [0.5, 0.6) is 0 Å². The van der Waals surface area contributed by atoms with Gasteiger partial charge >= 0.3 is 0 Å². The van der Waals surface area contributed by atoms with Gasteiger partial charge in [0.2, 0.25) is 0 Å². The highest BCUT2D eigenvalue weighted by atomic mass is 28.3. The zero-order chi connectivity index (χ0) is 12.0. The molecule has 0 aromatic heterocycles. The van der Waals surface area contributed by atoms with E-state index in [0.29, 0.717) is 0 Å². The summed E-state index contributed by atoms with van der Waals surface area (Å²) in [5, 5.41) is 8.65. The molecule has 0 heterocycles. The molecule has 84 valence electrons. The predicted octanol–water partition coefficient (Wildman–Crippen LogP) is 2.92. The summed E-state index contributed by atoms with van der Waals surface area (Å²) in [5.74, 6) is 3.21. The van der Waals surface area contributed by atoms with E-state index in [4.69, 9.17) is 5.11 Å². The zero-order valence-corrected chi connectivity index (χ0v) is 11.1. The highest BCUT2D eigenvalue weighted by molar-refractivity contribution is 6.83. The lowest BCUT2D eigenvalue weighted by Crippen LogP contribution is -2.16. The highest BCUT2D eigenvalue weighted by Crippen LogP contribution is 2.06. The second-order valence-corrected chi connectivity index (χ2v) is 9.46. The van der Waals surface area contributed by atoms with Gasteiger partial charge < -0.3 is 5.11 Å². The van der Waals surface area contributed by atoms with Crippen LogP contribution in [0.3, 0.4) is 0 Å². The molecule has 0 aliphatic carbocycles. The molecule has 0 bridgehead atoms. The van der Waals surface area contributed by atoms with Gasteiger partial charge in [-0.1, -0.05) is 49.8 Å². The van der Waals surface area contributed by atoms with Gasteiger partial charge in [0.25, 0.3) is 0 Å². The molecule has 0 aliphatic rings. The van der Waals surface area contributed by atoms with E-state index in [2.05, 4.69) is 31.1 Å². The molecule has 0 radical (unpaired) electrons. The van der Waals surface area contributed by atoms with Gasteiger partial charge in [0, 0.05) is 5.56 Å². The van der Waals surface area contributed by atoms with E-state index in [1.54, 1.807) is 6.08 Å². The number of aliphatic hydroxyl groups excluding tert-OH is 1. The summed E-state index contributed by atoms with van der Waals surface area (Å²) >= 11 is 0. The zero-order valence-electron chi connectivity index (χ0n) is 10.1. The maximum Gasteiger partial charge on any atom is 0.129 e. The Labute approximate surface area is 98.8 Å². The molecule has 1 rings (SSSR count). The predicted molar refractivity (Wildman–Crippen MR) is 72.8 cm³/mol. The second-order valence-electron chi connectivity index (χ2n) is 4.71. The molecular formula is C14H18OSi. The van der Waals surface area contributed by atoms with Crippen LogP contribution in [0.2, 0.25) is 19.6 Å². The fraction of sp³-hybridized carbons (Fsp3) is 0.286. The lowest BCUT2D eigenvalue weighted by atomic mass is 10.1. The summed E-state index contributed by atoms with van der Waals surface area (Å²) < 4.78 is 0. The molecule has 0 fully saturated rings. The van der Waals surface area contributed by atoms with Crippen molar-refractivity contribution < 1.29 is 5.11 Å². The first-order chi connectivity index (χ1) is 7.51. The lowest BCUT2D eigenvalue weighted by molar-refractivity contribution is 0.343. The molecule has 0 saturated heterocycles. The third-order valence-corrected chi connectivity index (χ3v) is 2.78. The van der Waals surface area contributed by atoms with Crippen molar-refractivity contribution in [2.24, 2.45) is 0 Å². The molecule has 0 spiro atoms. The van der Waals surface area contributed by atoms with E-state index in [-0.39, 0.29) is 6.61 Å². The SMILES string of the molecule is C[Si](C)(C)C#Cc1ccc(/C=C/CO)cc1. The summed E-state index contributed by atoms with van der Waals surface area (Å²) in [6.45, 7) is 6.78. The fourth-order valence-electron chi connectivity index (χ4n) is 1.13. The normalized spacial score (nSPS) is 11.2. The summed E-state index contributed by atoms with van der Waals surface area (Å²) in [6, 6.07) is 8.06. The van der Waals surface area contributed by atoms with Crippen molar-refractivity contribution >= 4 is 14.1 Å². The third-order valence-electron chi connectivity index (χ3n) is 1.91. The van der Waals surface area contributed by atoms with Crippen LogP contribution in [0.4, 0.5) is 0 Å². The molecule has 2 heteroatoms. The van der Waals surface area contributed by atoms with Crippen molar-refractivity contribution in [3.05, 3.63) is 41.5 Å². The number of rotatable bonds is 2. The van der Waals surface area contributed by atoms with Crippen LogP contribution >= 0.6 is 0 Å². The van der Waals surface area contributed by atoms with E-state index in [1.165, 1.54) is 0 Å². The largest absolute Gasteiger partial charge is 0.392 e. The number of hydrogen-bond donors (Lipinski definition) is 1. The summed E-state index contributed by atoms with van der Waals surface area (Å²) in [6.07, 6.45) is 3.62. The molecule has 16 heavy (non-hydrogen) atoms. The van der Waals surface area contributed by atoms with Crippen LogP contribution < -0.4 is 0 Å². The van der Waals surface area contributed by atoms with E-state index in [0.717, 1.165) is 11.1 Å². The van der Waals surface area contributed by atoms with Crippen molar-refractivity contribution in [2.45, 2.75) is 19.6 Å².